The molecule has 20 heavy (non-hydrogen) atoms. The second-order valence-corrected chi connectivity index (χ2v) is 4.52. The minimum atomic E-state index is -1.14. The Morgan fingerprint density at radius 2 is 2.05 bits per heavy atom. The normalized spacial score (nSPS) is 25.2. The number of rotatable bonds is 4. The van der Waals surface area contributed by atoms with E-state index < -0.39 is 23.8 Å². The molecule has 1 unspecified atom stereocenters. The van der Waals surface area contributed by atoms with E-state index in [1.54, 1.807) is 31.2 Å². The number of hydrogen-bond donors (Lipinski definition) is 0. The summed E-state index contributed by atoms with van der Waals surface area (Å²) < 4.78 is 20.5. The number of benzene rings is 1. The van der Waals surface area contributed by atoms with Gasteiger partial charge in [-0.25, -0.2) is 9.59 Å². The van der Waals surface area contributed by atoms with Gasteiger partial charge in [-0.1, -0.05) is 18.2 Å². The molecule has 2 rings (SSSR count). The van der Waals surface area contributed by atoms with Crippen LogP contribution >= 0.6 is 0 Å². The Balaban J connectivity index is 1.88. The van der Waals surface area contributed by atoms with Crippen LogP contribution in [0, 0.1) is 0 Å². The lowest BCUT2D eigenvalue weighted by molar-refractivity contribution is -0.188. The first-order valence-corrected chi connectivity index (χ1v) is 6.16. The quantitative estimate of drug-likeness (QED) is 0.770. The molecule has 1 aliphatic heterocycles. The van der Waals surface area contributed by atoms with Gasteiger partial charge in [0.2, 0.25) is 5.79 Å². The van der Waals surface area contributed by atoms with E-state index in [1.165, 1.54) is 7.11 Å². The van der Waals surface area contributed by atoms with Crippen LogP contribution in [-0.2, 0) is 23.7 Å². The lowest BCUT2D eigenvalue weighted by Crippen LogP contribution is -2.35. The molecule has 0 spiro atoms. The summed E-state index contributed by atoms with van der Waals surface area (Å²) in [5.74, 6) is -2.12. The Labute approximate surface area is 116 Å². The van der Waals surface area contributed by atoms with Crippen molar-refractivity contribution in [1.82, 2.24) is 0 Å². The van der Waals surface area contributed by atoms with E-state index in [1.807, 2.05) is 6.07 Å². The average molecular weight is 280 g/mol. The van der Waals surface area contributed by atoms with Gasteiger partial charge in [0.1, 0.15) is 6.61 Å². The molecule has 1 fully saturated rings. The first-order chi connectivity index (χ1) is 9.54. The van der Waals surface area contributed by atoms with Crippen molar-refractivity contribution in [3.63, 3.8) is 0 Å². The summed E-state index contributed by atoms with van der Waals surface area (Å²) in [5.41, 5.74) is 0.443. The molecule has 0 N–H and O–H groups in total. The highest BCUT2D eigenvalue weighted by Crippen LogP contribution is 2.24. The van der Waals surface area contributed by atoms with Crippen molar-refractivity contribution in [1.29, 1.82) is 0 Å². The van der Waals surface area contributed by atoms with E-state index in [2.05, 4.69) is 4.74 Å². The Morgan fingerprint density at radius 1 is 1.35 bits per heavy atom. The number of hydrogen-bond acceptors (Lipinski definition) is 6. The molecule has 1 aromatic rings. The summed E-state index contributed by atoms with van der Waals surface area (Å²) >= 11 is 0. The van der Waals surface area contributed by atoms with Gasteiger partial charge in [0, 0.05) is 0 Å². The lowest BCUT2D eigenvalue weighted by Gasteiger charge is -2.22. The molecule has 0 aromatic heterocycles. The Bertz CT molecular complexity index is 486. The number of esters is 2. The Hall–Kier alpha value is -1.92. The fraction of sp³-hybridized carbons (Fsp3) is 0.429. The number of methoxy groups -OCH3 is 1. The third-order valence-electron chi connectivity index (χ3n) is 2.87. The predicted molar refractivity (Wildman–Crippen MR) is 68.0 cm³/mol. The summed E-state index contributed by atoms with van der Waals surface area (Å²) in [4.78, 5) is 23.1. The molecule has 6 nitrogen and oxygen atoms in total. The second-order valence-electron chi connectivity index (χ2n) is 4.52. The fourth-order valence-electron chi connectivity index (χ4n) is 1.80. The van der Waals surface area contributed by atoms with Crippen LogP contribution in [0.5, 0.6) is 0 Å². The van der Waals surface area contributed by atoms with Crippen LogP contribution in [0.1, 0.15) is 17.3 Å². The van der Waals surface area contributed by atoms with Crippen LogP contribution < -0.4 is 0 Å². The molecule has 6 heteroatoms. The summed E-state index contributed by atoms with van der Waals surface area (Å²) in [5, 5.41) is 0. The van der Waals surface area contributed by atoms with Crippen molar-refractivity contribution in [2.75, 3.05) is 20.3 Å². The SMILES string of the molecule is COC(=O)[C@@H]1COC(C)(COC(=O)c2ccccc2)O1. The molecule has 108 valence electrons. The van der Waals surface area contributed by atoms with Crippen molar-refractivity contribution in [3.05, 3.63) is 35.9 Å². The highest BCUT2D eigenvalue weighted by atomic mass is 16.8. The molecule has 0 radical (unpaired) electrons. The summed E-state index contributed by atoms with van der Waals surface area (Å²) in [6.45, 7) is 1.58. The van der Waals surface area contributed by atoms with Crippen molar-refractivity contribution in [2.24, 2.45) is 0 Å². The van der Waals surface area contributed by atoms with E-state index in [9.17, 15) is 9.59 Å². The summed E-state index contributed by atoms with van der Waals surface area (Å²) in [7, 11) is 1.27. The average Bonchev–Trinajstić information content (AvgIpc) is 2.88. The highest BCUT2D eigenvalue weighted by molar-refractivity contribution is 5.89. The van der Waals surface area contributed by atoms with Gasteiger partial charge in [0.05, 0.1) is 19.3 Å². The Kier molecular flexibility index (Phi) is 4.36. The standard InChI is InChI=1S/C14H16O6/c1-14(19-8-11(20-14)13(16)17-2)9-18-12(15)10-6-4-3-5-7-10/h3-7,11H,8-9H2,1-2H3/t11-,14?/m0/s1. The van der Waals surface area contributed by atoms with Crippen molar-refractivity contribution < 1.29 is 28.5 Å². The van der Waals surface area contributed by atoms with Gasteiger partial charge in [-0.15, -0.1) is 0 Å². The lowest BCUT2D eigenvalue weighted by atomic mass is 10.2. The molecule has 0 saturated carbocycles. The first-order valence-electron chi connectivity index (χ1n) is 6.16. The maximum Gasteiger partial charge on any atom is 0.338 e. The number of ether oxygens (including phenoxy) is 4. The van der Waals surface area contributed by atoms with Crippen LogP contribution in [0.25, 0.3) is 0 Å². The van der Waals surface area contributed by atoms with Gasteiger partial charge in [0.15, 0.2) is 6.10 Å². The van der Waals surface area contributed by atoms with E-state index >= 15 is 0 Å². The third-order valence-corrected chi connectivity index (χ3v) is 2.87. The van der Waals surface area contributed by atoms with Gasteiger partial charge in [-0.3, -0.25) is 0 Å². The van der Waals surface area contributed by atoms with Crippen LogP contribution in [-0.4, -0.2) is 44.2 Å². The smallest absolute Gasteiger partial charge is 0.338 e. The van der Waals surface area contributed by atoms with Crippen LogP contribution in [0.4, 0.5) is 0 Å². The third kappa shape index (κ3) is 3.34. The fourth-order valence-corrected chi connectivity index (χ4v) is 1.80. The van der Waals surface area contributed by atoms with Gasteiger partial charge < -0.3 is 18.9 Å². The van der Waals surface area contributed by atoms with Crippen LogP contribution in [0.15, 0.2) is 30.3 Å². The van der Waals surface area contributed by atoms with Crippen molar-refractivity contribution in [2.45, 2.75) is 18.8 Å². The van der Waals surface area contributed by atoms with E-state index in [-0.39, 0.29) is 13.2 Å². The molecular weight excluding hydrogens is 264 g/mol. The number of carbonyl (C=O) groups is 2. The molecular formula is C14H16O6. The van der Waals surface area contributed by atoms with Crippen LogP contribution in [0.3, 0.4) is 0 Å². The van der Waals surface area contributed by atoms with Gasteiger partial charge in [-0.05, 0) is 19.1 Å². The largest absolute Gasteiger partial charge is 0.467 e. The summed E-state index contributed by atoms with van der Waals surface area (Å²) in [6.07, 6.45) is -0.791. The van der Waals surface area contributed by atoms with E-state index in [0.717, 1.165) is 0 Å². The monoisotopic (exact) mass is 280 g/mol. The molecule has 0 amide bonds. The zero-order valence-electron chi connectivity index (χ0n) is 11.3. The summed E-state index contributed by atoms with van der Waals surface area (Å²) in [6, 6.07) is 8.60. The van der Waals surface area contributed by atoms with E-state index in [0.29, 0.717) is 5.56 Å². The molecule has 1 aliphatic rings. The Morgan fingerprint density at radius 3 is 2.70 bits per heavy atom. The van der Waals surface area contributed by atoms with Crippen LogP contribution in [0.2, 0.25) is 0 Å². The molecule has 2 atom stereocenters. The second kappa shape index (κ2) is 6.02. The molecule has 0 aliphatic carbocycles. The van der Waals surface area contributed by atoms with Gasteiger partial charge in [0.25, 0.3) is 0 Å². The molecule has 0 bridgehead atoms. The molecule has 1 aromatic carbocycles. The zero-order valence-corrected chi connectivity index (χ0v) is 11.3. The first kappa shape index (κ1) is 14.5. The van der Waals surface area contributed by atoms with E-state index in [4.69, 9.17) is 14.2 Å². The number of carbonyl (C=O) groups excluding carboxylic acids is 2. The van der Waals surface area contributed by atoms with Gasteiger partial charge in [-0.2, -0.15) is 0 Å². The minimum absolute atomic E-state index is 0.0755. The predicted octanol–water partition coefficient (Wildman–Crippen LogP) is 1.15. The molecule has 1 saturated heterocycles. The topological polar surface area (TPSA) is 71.1 Å². The zero-order chi connectivity index (χ0) is 14.6. The minimum Gasteiger partial charge on any atom is -0.467 e. The maximum atomic E-state index is 11.8. The maximum absolute atomic E-state index is 11.8. The highest BCUT2D eigenvalue weighted by Gasteiger charge is 2.42. The van der Waals surface area contributed by atoms with Crippen molar-refractivity contribution in [3.8, 4) is 0 Å². The molecule has 1 heterocycles. The van der Waals surface area contributed by atoms with Crippen molar-refractivity contribution >= 4 is 11.9 Å². The van der Waals surface area contributed by atoms with Gasteiger partial charge >= 0.3 is 11.9 Å².